The van der Waals surface area contributed by atoms with Crippen LogP contribution in [0.2, 0.25) is 0 Å². The molecule has 7 nitrogen and oxygen atoms in total. The van der Waals surface area contributed by atoms with E-state index in [-0.39, 0.29) is 12.4 Å². The number of rotatable bonds is 19. The van der Waals surface area contributed by atoms with Gasteiger partial charge >= 0.3 is 5.97 Å². The van der Waals surface area contributed by atoms with Gasteiger partial charge in [-0.1, -0.05) is 19.8 Å². The van der Waals surface area contributed by atoms with Gasteiger partial charge in [-0.05, 0) is 6.42 Å². The number of unbranched alkanes of at least 4 members (excludes halogenated alkanes) is 2. The molecule has 0 amide bonds. The van der Waals surface area contributed by atoms with Gasteiger partial charge in [-0.2, -0.15) is 0 Å². The molecule has 0 saturated carbocycles. The summed E-state index contributed by atoms with van der Waals surface area (Å²) in [6.07, 6.45) is 3.82. The van der Waals surface area contributed by atoms with Crippen LogP contribution < -0.4 is 0 Å². The standard InChI is InChI=1S/C17H34O7/c1-3-4-5-7-20-9-11-22-13-15-24-16-14-23-12-10-21-8-6-17(18)19-2/h3-16H2,1-2H3. The van der Waals surface area contributed by atoms with E-state index in [2.05, 4.69) is 11.7 Å². The number of methoxy groups -OCH3 is 1. The molecule has 0 N–H and O–H groups in total. The van der Waals surface area contributed by atoms with Crippen LogP contribution in [0.3, 0.4) is 0 Å². The Labute approximate surface area is 145 Å². The van der Waals surface area contributed by atoms with Crippen molar-refractivity contribution in [1.29, 1.82) is 0 Å². The number of ether oxygens (including phenoxy) is 6. The fraction of sp³-hybridized carbons (Fsp3) is 0.941. The topological polar surface area (TPSA) is 72.5 Å². The summed E-state index contributed by atoms with van der Waals surface area (Å²) in [6.45, 7) is 7.69. The number of carbonyl (C=O) groups excluding carboxylic acids is 1. The zero-order chi connectivity index (χ0) is 17.7. The first-order valence-electron chi connectivity index (χ1n) is 8.76. The second-order valence-electron chi connectivity index (χ2n) is 5.10. The highest BCUT2D eigenvalue weighted by atomic mass is 16.6. The average molecular weight is 350 g/mol. The van der Waals surface area contributed by atoms with Crippen molar-refractivity contribution >= 4 is 5.97 Å². The monoisotopic (exact) mass is 350 g/mol. The largest absolute Gasteiger partial charge is 0.469 e. The van der Waals surface area contributed by atoms with Gasteiger partial charge in [-0.15, -0.1) is 0 Å². The van der Waals surface area contributed by atoms with Gasteiger partial charge in [-0.25, -0.2) is 0 Å². The van der Waals surface area contributed by atoms with E-state index in [4.69, 9.17) is 23.7 Å². The summed E-state index contributed by atoms with van der Waals surface area (Å²) in [7, 11) is 1.36. The first-order chi connectivity index (χ1) is 11.8. The van der Waals surface area contributed by atoms with Gasteiger partial charge in [-0.3, -0.25) is 4.79 Å². The van der Waals surface area contributed by atoms with Crippen LogP contribution in [0.25, 0.3) is 0 Å². The number of hydrogen-bond acceptors (Lipinski definition) is 7. The molecule has 0 aromatic heterocycles. The van der Waals surface area contributed by atoms with Crippen LogP contribution in [0, 0.1) is 0 Å². The third-order valence-corrected chi connectivity index (χ3v) is 3.06. The normalized spacial score (nSPS) is 10.9. The quantitative estimate of drug-likeness (QED) is 0.260. The molecule has 0 spiro atoms. The van der Waals surface area contributed by atoms with E-state index in [1.165, 1.54) is 20.0 Å². The minimum absolute atomic E-state index is 0.267. The summed E-state index contributed by atoms with van der Waals surface area (Å²) >= 11 is 0. The molecular formula is C17H34O7. The van der Waals surface area contributed by atoms with E-state index in [0.29, 0.717) is 59.5 Å². The van der Waals surface area contributed by atoms with Crippen LogP contribution >= 0.6 is 0 Å². The third-order valence-electron chi connectivity index (χ3n) is 3.06. The van der Waals surface area contributed by atoms with Gasteiger partial charge in [0.1, 0.15) is 0 Å². The molecule has 0 aliphatic rings. The van der Waals surface area contributed by atoms with Crippen LogP contribution in [0.1, 0.15) is 32.6 Å². The highest BCUT2D eigenvalue weighted by molar-refractivity contribution is 5.69. The van der Waals surface area contributed by atoms with Crippen LogP contribution in [0.4, 0.5) is 0 Å². The van der Waals surface area contributed by atoms with Gasteiger partial charge in [0, 0.05) is 6.61 Å². The molecule has 7 heteroatoms. The van der Waals surface area contributed by atoms with Gasteiger partial charge < -0.3 is 28.4 Å². The Bertz CT molecular complexity index is 261. The summed E-state index contributed by atoms with van der Waals surface area (Å²) in [5, 5.41) is 0. The molecule has 0 radical (unpaired) electrons. The molecule has 24 heavy (non-hydrogen) atoms. The number of hydrogen-bond donors (Lipinski definition) is 0. The molecule has 0 bridgehead atoms. The molecule has 0 aromatic rings. The minimum Gasteiger partial charge on any atom is -0.469 e. The highest BCUT2D eigenvalue weighted by Crippen LogP contribution is 1.93. The Morgan fingerprint density at radius 2 is 1.04 bits per heavy atom. The fourth-order valence-electron chi connectivity index (χ4n) is 1.69. The lowest BCUT2D eigenvalue weighted by atomic mass is 10.3. The van der Waals surface area contributed by atoms with E-state index in [1.807, 2.05) is 0 Å². The van der Waals surface area contributed by atoms with Crippen LogP contribution in [0.5, 0.6) is 0 Å². The lowest BCUT2D eigenvalue weighted by Gasteiger charge is -2.07. The Morgan fingerprint density at radius 3 is 1.46 bits per heavy atom. The van der Waals surface area contributed by atoms with E-state index < -0.39 is 0 Å². The molecule has 0 aromatic carbocycles. The predicted octanol–water partition coefficient (Wildman–Crippen LogP) is 1.82. The lowest BCUT2D eigenvalue weighted by molar-refractivity contribution is -0.141. The summed E-state index contributed by atoms with van der Waals surface area (Å²) in [5.41, 5.74) is 0. The molecular weight excluding hydrogens is 316 g/mol. The summed E-state index contributed by atoms with van der Waals surface area (Å²) in [4.78, 5) is 10.8. The second-order valence-corrected chi connectivity index (χ2v) is 5.10. The smallest absolute Gasteiger partial charge is 0.307 e. The molecule has 0 unspecified atom stereocenters. The van der Waals surface area contributed by atoms with Gasteiger partial charge in [0.2, 0.25) is 0 Å². The van der Waals surface area contributed by atoms with Gasteiger partial charge in [0.15, 0.2) is 0 Å². The minimum atomic E-state index is -0.269. The van der Waals surface area contributed by atoms with Crippen LogP contribution in [-0.4, -0.2) is 79.1 Å². The Hall–Kier alpha value is -0.730. The third kappa shape index (κ3) is 19.3. The van der Waals surface area contributed by atoms with E-state index >= 15 is 0 Å². The zero-order valence-corrected chi connectivity index (χ0v) is 15.3. The fourth-order valence-corrected chi connectivity index (χ4v) is 1.69. The summed E-state index contributed by atoms with van der Waals surface area (Å²) < 4.78 is 31.3. The zero-order valence-electron chi connectivity index (χ0n) is 15.3. The number of carbonyl (C=O) groups is 1. The van der Waals surface area contributed by atoms with Gasteiger partial charge in [0.05, 0.1) is 73.0 Å². The van der Waals surface area contributed by atoms with Crippen molar-refractivity contribution in [2.45, 2.75) is 32.6 Å². The average Bonchev–Trinajstić information content (AvgIpc) is 2.60. The van der Waals surface area contributed by atoms with Crippen LogP contribution in [-0.2, 0) is 33.2 Å². The SMILES string of the molecule is CCCCCOCCOCCOCCOCCOCCC(=O)OC. The van der Waals surface area contributed by atoms with Crippen LogP contribution in [0.15, 0.2) is 0 Å². The molecule has 0 atom stereocenters. The molecule has 0 heterocycles. The second kappa shape index (κ2) is 20.3. The predicted molar refractivity (Wildman–Crippen MR) is 90.3 cm³/mol. The lowest BCUT2D eigenvalue weighted by Crippen LogP contribution is -2.14. The summed E-state index contributed by atoms with van der Waals surface area (Å²) in [6, 6.07) is 0. The van der Waals surface area contributed by atoms with E-state index in [9.17, 15) is 4.79 Å². The maximum Gasteiger partial charge on any atom is 0.307 e. The molecule has 144 valence electrons. The van der Waals surface area contributed by atoms with E-state index in [0.717, 1.165) is 13.0 Å². The maximum atomic E-state index is 10.8. The van der Waals surface area contributed by atoms with Crippen molar-refractivity contribution in [3.8, 4) is 0 Å². The molecule has 0 aliphatic carbocycles. The Kier molecular flexibility index (Phi) is 19.7. The Morgan fingerprint density at radius 1 is 0.625 bits per heavy atom. The molecule has 0 fully saturated rings. The molecule has 0 saturated heterocycles. The summed E-state index contributed by atoms with van der Waals surface area (Å²) in [5.74, 6) is -0.269. The molecule has 0 aliphatic heterocycles. The highest BCUT2D eigenvalue weighted by Gasteiger charge is 1.99. The maximum absolute atomic E-state index is 10.8. The van der Waals surface area contributed by atoms with E-state index in [1.54, 1.807) is 0 Å². The first kappa shape index (κ1) is 23.3. The first-order valence-corrected chi connectivity index (χ1v) is 8.76. The van der Waals surface area contributed by atoms with Crippen molar-refractivity contribution in [3.63, 3.8) is 0 Å². The molecule has 0 rings (SSSR count). The van der Waals surface area contributed by atoms with Crippen molar-refractivity contribution in [2.24, 2.45) is 0 Å². The van der Waals surface area contributed by atoms with Crippen molar-refractivity contribution in [2.75, 3.05) is 73.2 Å². The Balaban J connectivity index is 2.99. The van der Waals surface area contributed by atoms with Gasteiger partial charge in [0.25, 0.3) is 0 Å². The van der Waals surface area contributed by atoms with Crippen molar-refractivity contribution < 1.29 is 33.2 Å². The van der Waals surface area contributed by atoms with Crippen molar-refractivity contribution in [3.05, 3.63) is 0 Å². The number of esters is 1. The van der Waals surface area contributed by atoms with Crippen molar-refractivity contribution in [1.82, 2.24) is 0 Å².